The van der Waals surface area contributed by atoms with Crippen molar-refractivity contribution in [2.45, 2.75) is 13.8 Å². The highest BCUT2D eigenvalue weighted by Crippen LogP contribution is 2.19. The largest absolute Gasteiger partial charge is 0.494 e. The van der Waals surface area contributed by atoms with Crippen LogP contribution in [0, 0.1) is 0 Å². The van der Waals surface area contributed by atoms with Gasteiger partial charge in [-0.05, 0) is 38.1 Å². The van der Waals surface area contributed by atoms with Gasteiger partial charge in [0.2, 0.25) is 0 Å². The number of nitrogens with zero attached hydrogens (tertiary/aromatic N) is 1. The Bertz CT molecular complexity index is 632. The monoisotopic (exact) mass is 328 g/mol. The number of ether oxygens (including phenoxy) is 2. The molecule has 0 aliphatic rings. The van der Waals surface area contributed by atoms with Gasteiger partial charge in [-0.1, -0.05) is 24.3 Å². The summed E-state index contributed by atoms with van der Waals surface area (Å²) < 4.78 is 11.1. The number of hydrogen-bond donors (Lipinski definition) is 1. The van der Waals surface area contributed by atoms with Crippen LogP contribution >= 0.6 is 0 Å². The summed E-state index contributed by atoms with van der Waals surface area (Å²) in [5.74, 6) is 1.51. The van der Waals surface area contributed by atoms with Gasteiger partial charge in [0.1, 0.15) is 18.1 Å². The second kappa shape index (κ2) is 9.45. The van der Waals surface area contributed by atoms with Crippen LogP contribution in [-0.2, 0) is 0 Å². The number of hydrogen-bond acceptors (Lipinski definition) is 3. The van der Waals surface area contributed by atoms with Gasteiger partial charge in [-0.2, -0.15) is 0 Å². The minimum absolute atomic E-state index is 0.129. The van der Waals surface area contributed by atoms with Crippen molar-refractivity contribution in [3.05, 3.63) is 54.6 Å². The number of rotatable bonds is 8. The van der Waals surface area contributed by atoms with E-state index < -0.39 is 0 Å². The minimum atomic E-state index is -0.129. The Labute approximate surface area is 143 Å². The number of amides is 2. The van der Waals surface area contributed by atoms with Gasteiger partial charge in [0, 0.05) is 18.3 Å². The molecule has 5 heteroatoms. The third-order valence-corrected chi connectivity index (χ3v) is 3.39. The fourth-order valence-electron chi connectivity index (χ4n) is 2.29. The maximum atomic E-state index is 12.3. The predicted octanol–water partition coefficient (Wildman–Crippen LogP) is 3.70. The molecule has 0 fully saturated rings. The van der Waals surface area contributed by atoms with Crippen molar-refractivity contribution in [2.24, 2.45) is 0 Å². The summed E-state index contributed by atoms with van der Waals surface area (Å²) >= 11 is 0. The van der Waals surface area contributed by atoms with Crippen LogP contribution in [0.15, 0.2) is 54.6 Å². The first-order valence-electron chi connectivity index (χ1n) is 8.20. The van der Waals surface area contributed by atoms with Gasteiger partial charge in [0.25, 0.3) is 0 Å². The molecule has 0 aromatic heterocycles. The third-order valence-electron chi connectivity index (χ3n) is 3.39. The van der Waals surface area contributed by atoms with Gasteiger partial charge >= 0.3 is 6.03 Å². The first-order valence-corrected chi connectivity index (χ1v) is 8.20. The summed E-state index contributed by atoms with van der Waals surface area (Å²) in [4.78, 5) is 14.0. The topological polar surface area (TPSA) is 50.8 Å². The van der Waals surface area contributed by atoms with E-state index in [0.717, 1.165) is 17.2 Å². The van der Waals surface area contributed by atoms with Crippen LogP contribution in [0.1, 0.15) is 13.8 Å². The lowest BCUT2D eigenvalue weighted by Crippen LogP contribution is -2.41. The molecule has 24 heavy (non-hydrogen) atoms. The molecule has 0 saturated heterocycles. The lowest BCUT2D eigenvalue weighted by Gasteiger charge is -2.21. The van der Waals surface area contributed by atoms with Crippen molar-refractivity contribution >= 4 is 11.7 Å². The van der Waals surface area contributed by atoms with Crippen LogP contribution in [0.2, 0.25) is 0 Å². The summed E-state index contributed by atoms with van der Waals surface area (Å²) in [6.45, 7) is 5.94. The fraction of sp³-hybridized carbons (Fsp3) is 0.316. The van der Waals surface area contributed by atoms with Gasteiger partial charge in [0.15, 0.2) is 0 Å². The molecule has 128 valence electrons. The molecule has 0 spiro atoms. The van der Waals surface area contributed by atoms with E-state index in [4.69, 9.17) is 9.47 Å². The van der Waals surface area contributed by atoms with E-state index in [1.807, 2.05) is 68.4 Å². The van der Waals surface area contributed by atoms with E-state index in [1.54, 1.807) is 4.90 Å². The Morgan fingerprint density at radius 1 is 1.00 bits per heavy atom. The molecule has 0 atom stereocenters. The zero-order valence-corrected chi connectivity index (χ0v) is 14.2. The zero-order chi connectivity index (χ0) is 17.2. The van der Waals surface area contributed by atoms with Gasteiger partial charge < -0.3 is 14.8 Å². The normalized spacial score (nSPS) is 10.1. The average Bonchev–Trinajstić information content (AvgIpc) is 2.61. The molecule has 0 bridgehead atoms. The molecule has 0 aliphatic heterocycles. The van der Waals surface area contributed by atoms with Gasteiger partial charge in [-0.3, -0.25) is 4.90 Å². The van der Waals surface area contributed by atoms with Crippen molar-refractivity contribution in [3.8, 4) is 11.5 Å². The minimum Gasteiger partial charge on any atom is -0.494 e. The Kier molecular flexibility index (Phi) is 6.95. The van der Waals surface area contributed by atoms with Crippen LogP contribution in [0.4, 0.5) is 10.5 Å². The number of nitrogens with one attached hydrogen (secondary N) is 1. The number of para-hydroxylation sites is 1. The first-order chi connectivity index (χ1) is 11.7. The Balaban J connectivity index is 1.79. The smallest absolute Gasteiger partial charge is 0.321 e. The van der Waals surface area contributed by atoms with Gasteiger partial charge in [-0.25, -0.2) is 4.79 Å². The van der Waals surface area contributed by atoms with E-state index in [0.29, 0.717) is 26.3 Å². The molecule has 2 rings (SSSR count). The SMILES string of the molecule is CCOc1cccc(OCCNC(=O)N(CC)c2ccccc2)c1. The number of benzene rings is 2. The third kappa shape index (κ3) is 5.19. The van der Waals surface area contributed by atoms with Gasteiger partial charge in [-0.15, -0.1) is 0 Å². The molecule has 0 aliphatic carbocycles. The molecule has 2 amide bonds. The quantitative estimate of drug-likeness (QED) is 0.752. The maximum absolute atomic E-state index is 12.3. The number of anilines is 1. The Hall–Kier alpha value is -2.69. The second-order valence-electron chi connectivity index (χ2n) is 5.07. The summed E-state index contributed by atoms with van der Waals surface area (Å²) in [7, 11) is 0. The van der Waals surface area contributed by atoms with E-state index in [1.165, 1.54) is 0 Å². The molecule has 0 saturated carbocycles. The second-order valence-corrected chi connectivity index (χ2v) is 5.07. The number of carbonyl (C=O) groups excluding carboxylic acids is 1. The molecule has 1 N–H and O–H groups in total. The fourth-order valence-corrected chi connectivity index (χ4v) is 2.29. The van der Waals surface area contributed by atoms with Crippen LogP contribution in [0.25, 0.3) is 0 Å². The molecule has 5 nitrogen and oxygen atoms in total. The van der Waals surface area contributed by atoms with Crippen LogP contribution < -0.4 is 19.7 Å². The zero-order valence-electron chi connectivity index (χ0n) is 14.2. The van der Waals surface area contributed by atoms with Gasteiger partial charge in [0.05, 0.1) is 13.2 Å². The molecule has 0 heterocycles. The Morgan fingerprint density at radius 3 is 2.38 bits per heavy atom. The lowest BCUT2D eigenvalue weighted by atomic mass is 10.3. The highest BCUT2D eigenvalue weighted by molar-refractivity contribution is 5.91. The summed E-state index contributed by atoms with van der Waals surface area (Å²) in [5, 5.41) is 2.87. The predicted molar refractivity (Wildman–Crippen MR) is 96.0 cm³/mol. The van der Waals surface area contributed by atoms with Crippen molar-refractivity contribution in [2.75, 3.05) is 31.2 Å². The summed E-state index contributed by atoms with van der Waals surface area (Å²) in [5.41, 5.74) is 0.878. The summed E-state index contributed by atoms with van der Waals surface area (Å²) in [6.07, 6.45) is 0. The molecule has 2 aromatic carbocycles. The van der Waals surface area contributed by atoms with Crippen LogP contribution in [-0.4, -0.2) is 32.3 Å². The molecule has 2 aromatic rings. The van der Waals surface area contributed by atoms with Crippen molar-refractivity contribution in [1.82, 2.24) is 5.32 Å². The van der Waals surface area contributed by atoms with E-state index in [2.05, 4.69) is 5.32 Å². The molecular formula is C19H24N2O3. The lowest BCUT2D eigenvalue weighted by molar-refractivity contribution is 0.242. The highest BCUT2D eigenvalue weighted by Gasteiger charge is 2.12. The highest BCUT2D eigenvalue weighted by atomic mass is 16.5. The number of urea groups is 1. The molecule has 0 unspecified atom stereocenters. The van der Waals surface area contributed by atoms with E-state index in [-0.39, 0.29) is 6.03 Å². The first kappa shape index (κ1) is 17.7. The van der Waals surface area contributed by atoms with E-state index >= 15 is 0 Å². The van der Waals surface area contributed by atoms with Crippen molar-refractivity contribution in [3.63, 3.8) is 0 Å². The van der Waals surface area contributed by atoms with E-state index in [9.17, 15) is 4.79 Å². The van der Waals surface area contributed by atoms with Crippen molar-refractivity contribution < 1.29 is 14.3 Å². The Morgan fingerprint density at radius 2 is 1.71 bits per heavy atom. The molecular weight excluding hydrogens is 304 g/mol. The average molecular weight is 328 g/mol. The van der Waals surface area contributed by atoms with Crippen LogP contribution in [0.5, 0.6) is 11.5 Å². The maximum Gasteiger partial charge on any atom is 0.321 e. The molecule has 0 radical (unpaired) electrons. The van der Waals surface area contributed by atoms with Crippen LogP contribution in [0.3, 0.4) is 0 Å². The summed E-state index contributed by atoms with van der Waals surface area (Å²) in [6, 6.07) is 16.9. The number of carbonyl (C=O) groups is 1. The standard InChI is InChI=1S/C19H24N2O3/c1-3-21(16-9-6-5-7-10-16)19(22)20-13-14-24-18-12-8-11-17(15-18)23-4-2/h5-12,15H,3-4,13-14H2,1-2H3,(H,20,22). The van der Waals surface area contributed by atoms with Crippen molar-refractivity contribution in [1.29, 1.82) is 0 Å².